The molecule has 22 heavy (non-hydrogen) atoms. The standard InChI is InChI=1S/C14H17N3O4S/c18-22(19,17-10-5-6-10)12-8-7-11(20-12)14-15-13(16-21-14)9-3-1-2-4-9/h7-10,17H,1-6H2. The molecule has 118 valence electrons. The minimum atomic E-state index is -3.60. The van der Waals surface area contributed by atoms with Gasteiger partial charge in [-0.05, 0) is 37.8 Å². The first-order valence-corrected chi connectivity index (χ1v) is 9.06. The van der Waals surface area contributed by atoms with Crippen molar-refractivity contribution >= 4 is 10.0 Å². The van der Waals surface area contributed by atoms with Crippen molar-refractivity contribution in [1.29, 1.82) is 0 Å². The normalized spacial score (nSPS) is 19.8. The van der Waals surface area contributed by atoms with Crippen LogP contribution in [0.15, 0.2) is 26.2 Å². The second-order valence-corrected chi connectivity index (χ2v) is 7.60. The van der Waals surface area contributed by atoms with Gasteiger partial charge in [-0.25, -0.2) is 13.1 Å². The summed E-state index contributed by atoms with van der Waals surface area (Å²) in [5.74, 6) is 1.54. The molecule has 1 N–H and O–H groups in total. The monoisotopic (exact) mass is 323 g/mol. The van der Waals surface area contributed by atoms with E-state index in [1.807, 2.05) is 0 Å². The Kier molecular flexibility index (Phi) is 3.30. The third-order valence-corrected chi connectivity index (χ3v) is 5.51. The Morgan fingerprint density at radius 2 is 1.91 bits per heavy atom. The van der Waals surface area contributed by atoms with Gasteiger partial charge in [-0.1, -0.05) is 18.0 Å². The molecule has 0 radical (unpaired) electrons. The smallest absolute Gasteiger partial charge is 0.293 e. The van der Waals surface area contributed by atoms with Gasteiger partial charge in [0.25, 0.3) is 15.9 Å². The van der Waals surface area contributed by atoms with Crippen molar-refractivity contribution in [2.24, 2.45) is 0 Å². The molecule has 2 heterocycles. The molecular formula is C14H17N3O4S. The number of sulfonamides is 1. The van der Waals surface area contributed by atoms with Gasteiger partial charge in [-0.15, -0.1) is 0 Å². The Balaban J connectivity index is 1.56. The second-order valence-electron chi connectivity index (χ2n) is 5.95. The van der Waals surface area contributed by atoms with Gasteiger partial charge in [0, 0.05) is 12.0 Å². The van der Waals surface area contributed by atoms with Gasteiger partial charge in [0.15, 0.2) is 11.6 Å². The number of nitrogens with one attached hydrogen (secondary N) is 1. The molecule has 7 nitrogen and oxygen atoms in total. The summed E-state index contributed by atoms with van der Waals surface area (Å²) in [6.45, 7) is 0. The van der Waals surface area contributed by atoms with E-state index in [0.717, 1.165) is 25.7 Å². The second kappa shape index (κ2) is 5.20. The van der Waals surface area contributed by atoms with Gasteiger partial charge in [-0.3, -0.25) is 0 Å². The number of furan rings is 1. The third kappa shape index (κ3) is 2.68. The van der Waals surface area contributed by atoms with Crippen LogP contribution in [0.2, 0.25) is 0 Å². The third-order valence-electron chi connectivity index (χ3n) is 4.12. The minimum Gasteiger partial charge on any atom is -0.438 e. The molecule has 2 aliphatic carbocycles. The van der Waals surface area contributed by atoms with E-state index < -0.39 is 10.0 Å². The molecule has 0 saturated heterocycles. The van der Waals surface area contributed by atoms with E-state index in [9.17, 15) is 8.42 Å². The predicted octanol–water partition coefficient (Wildman–Crippen LogP) is 2.43. The van der Waals surface area contributed by atoms with E-state index in [-0.39, 0.29) is 22.8 Å². The molecule has 2 fully saturated rings. The van der Waals surface area contributed by atoms with E-state index in [1.54, 1.807) is 6.07 Å². The topological polar surface area (TPSA) is 98.2 Å². The van der Waals surface area contributed by atoms with Gasteiger partial charge >= 0.3 is 0 Å². The Morgan fingerprint density at radius 3 is 2.64 bits per heavy atom. The SMILES string of the molecule is O=S(=O)(NC1CC1)c1ccc(-c2nc(C3CCCC3)no2)o1. The molecule has 8 heteroatoms. The zero-order chi connectivity index (χ0) is 15.2. The van der Waals surface area contributed by atoms with Crippen molar-refractivity contribution in [2.75, 3.05) is 0 Å². The van der Waals surface area contributed by atoms with Gasteiger partial charge in [-0.2, -0.15) is 4.98 Å². The van der Waals surface area contributed by atoms with Crippen LogP contribution >= 0.6 is 0 Å². The fourth-order valence-corrected chi connectivity index (χ4v) is 3.98. The molecule has 0 unspecified atom stereocenters. The van der Waals surface area contributed by atoms with Crippen LogP contribution in [0.3, 0.4) is 0 Å². The van der Waals surface area contributed by atoms with Crippen LogP contribution in [-0.2, 0) is 10.0 Å². The summed E-state index contributed by atoms with van der Waals surface area (Å²) in [7, 11) is -3.60. The lowest BCUT2D eigenvalue weighted by Crippen LogP contribution is -2.25. The molecule has 2 aromatic heterocycles. The van der Waals surface area contributed by atoms with E-state index in [4.69, 9.17) is 8.94 Å². The maximum absolute atomic E-state index is 12.1. The average molecular weight is 323 g/mol. The molecule has 4 rings (SSSR count). The maximum atomic E-state index is 12.1. The molecule has 0 spiro atoms. The highest BCUT2D eigenvalue weighted by atomic mass is 32.2. The van der Waals surface area contributed by atoms with Gasteiger partial charge in [0.2, 0.25) is 5.09 Å². The number of nitrogens with zero attached hydrogens (tertiary/aromatic N) is 2. The van der Waals surface area contributed by atoms with Crippen LogP contribution in [0.25, 0.3) is 11.7 Å². The fourth-order valence-electron chi connectivity index (χ4n) is 2.74. The van der Waals surface area contributed by atoms with Crippen molar-refractivity contribution < 1.29 is 17.4 Å². The Bertz CT molecular complexity index is 770. The lowest BCUT2D eigenvalue weighted by atomic mass is 10.1. The first-order chi connectivity index (χ1) is 10.6. The molecule has 0 amide bonds. The van der Waals surface area contributed by atoms with Gasteiger partial charge in [0.1, 0.15) is 0 Å². The summed E-state index contributed by atoms with van der Waals surface area (Å²) in [4.78, 5) is 4.34. The van der Waals surface area contributed by atoms with Crippen LogP contribution in [0.1, 0.15) is 50.3 Å². The molecule has 2 aliphatic rings. The predicted molar refractivity (Wildman–Crippen MR) is 76.6 cm³/mol. The summed E-state index contributed by atoms with van der Waals surface area (Å²) in [6.07, 6.45) is 6.27. The van der Waals surface area contributed by atoms with E-state index in [1.165, 1.54) is 18.9 Å². The summed E-state index contributed by atoms with van der Waals surface area (Å²) in [5, 5.41) is 3.88. The molecule has 0 atom stereocenters. The molecule has 2 aromatic rings. The Labute approximate surface area is 128 Å². The zero-order valence-corrected chi connectivity index (χ0v) is 12.8. The van der Waals surface area contributed by atoms with Crippen LogP contribution in [-0.4, -0.2) is 24.6 Å². The van der Waals surface area contributed by atoms with Crippen molar-refractivity contribution in [3.63, 3.8) is 0 Å². The van der Waals surface area contributed by atoms with Crippen LogP contribution in [0, 0.1) is 0 Å². The summed E-state index contributed by atoms with van der Waals surface area (Å²) >= 11 is 0. The number of rotatable bonds is 5. The molecule has 2 saturated carbocycles. The Morgan fingerprint density at radius 1 is 1.14 bits per heavy atom. The average Bonchev–Trinajstić information content (AvgIpc) is 3.02. The highest BCUT2D eigenvalue weighted by molar-refractivity contribution is 7.89. The molecule has 0 aliphatic heterocycles. The first-order valence-electron chi connectivity index (χ1n) is 7.58. The lowest BCUT2D eigenvalue weighted by molar-refractivity contribution is 0.390. The number of hydrogen-bond donors (Lipinski definition) is 1. The zero-order valence-electron chi connectivity index (χ0n) is 12.0. The molecule has 0 bridgehead atoms. The summed E-state index contributed by atoms with van der Waals surface area (Å²) < 4.78 is 37.3. The van der Waals surface area contributed by atoms with Crippen LogP contribution in [0.4, 0.5) is 0 Å². The molecular weight excluding hydrogens is 306 g/mol. The molecule has 0 aromatic carbocycles. The Hall–Kier alpha value is -1.67. The number of aromatic nitrogens is 2. The largest absolute Gasteiger partial charge is 0.438 e. The highest BCUT2D eigenvalue weighted by Crippen LogP contribution is 2.34. The van der Waals surface area contributed by atoms with Gasteiger partial charge in [0.05, 0.1) is 0 Å². The maximum Gasteiger partial charge on any atom is 0.293 e. The lowest BCUT2D eigenvalue weighted by Gasteiger charge is -2.00. The van der Waals surface area contributed by atoms with E-state index >= 15 is 0 Å². The first kappa shape index (κ1) is 14.0. The van der Waals surface area contributed by atoms with Crippen LogP contribution in [0.5, 0.6) is 0 Å². The summed E-state index contributed by atoms with van der Waals surface area (Å²) in [6, 6.07) is 3.00. The van der Waals surface area contributed by atoms with Crippen molar-refractivity contribution in [1.82, 2.24) is 14.9 Å². The highest BCUT2D eigenvalue weighted by Gasteiger charge is 2.30. The van der Waals surface area contributed by atoms with Crippen molar-refractivity contribution in [2.45, 2.75) is 55.6 Å². The van der Waals surface area contributed by atoms with E-state index in [2.05, 4.69) is 14.9 Å². The van der Waals surface area contributed by atoms with Crippen molar-refractivity contribution in [3.05, 3.63) is 18.0 Å². The van der Waals surface area contributed by atoms with Crippen LogP contribution < -0.4 is 4.72 Å². The minimum absolute atomic E-state index is 0.0379. The fraction of sp³-hybridized carbons (Fsp3) is 0.571. The number of hydrogen-bond acceptors (Lipinski definition) is 6. The quantitative estimate of drug-likeness (QED) is 0.907. The van der Waals surface area contributed by atoms with Crippen molar-refractivity contribution in [3.8, 4) is 11.7 Å². The van der Waals surface area contributed by atoms with E-state index in [0.29, 0.717) is 11.7 Å². The van der Waals surface area contributed by atoms with Gasteiger partial charge < -0.3 is 8.94 Å². The summed E-state index contributed by atoms with van der Waals surface area (Å²) in [5.41, 5.74) is 0.